The first kappa shape index (κ1) is 14.9. The summed E-state index contributed by atoms with van der Waals surface area (Å²) in [5.74, 6) is -0.531. The molecular formula is C15H15N3O2S. The summed E-state index contributed by atoms with van der Waals surface area (Å²) in [6, 6.07) is 6.56. The number of anilines is 1. The van der Waals surface area contributed by atoms with Crippen LogP contribution in [-0.2, 0) is 4.79 Å². The van der Waals surface area contributed by atoms with Crippen molar-refractivity contribution in [1.82, 2.24) is 10.3 Å². The number of amides is 2. The van der Waals surface area contributed by atoms with Crippen molar-refractivity contribution in [2.75, 3.05) is 5.32 Å². The molecule has 0 aliphatic rings. The second-order valence-corrected chi connectivity index (χ2v) is 5.27. The zero-order chi connectivity index (χ0) is 15.2. The van der Waals surface area contributed by atoms with Crippen LogP contribution in [0.4, 0.5) is 5.69 Å². The number of aromatic nitrogens is 1. The molecule has 2 N–H and O–H groups in total. The van der Waals surface area contributed by atoms with Crippen LogP contribution in [0.2, 0.25) is 0 Å². The third-order valence-corrected chi connectivity index (χ3v) is 3.71. The molecule has 0 saturated carbocycles. The number of carbonyl (C=O) groups is 2. The molecule has 0 bridgehead atoms. The van der Waals surface area contributed by atoms with E-state index in [4.69, 9.17) is 0 Å². The van der Waals surface area contributed by atoms with E-state index in [1.54, 1.807) is 30.5 Å². The molecular weight excluding hydrogens is 286 g/mol. The first-order chi connectivity index (χ1) is 10.1. The lowest BCUT2D eigenvalue weighted by molar-refractivity contribution is -0.111. The Morgan fingerprint density at radius 3 is 2.90 bits per heavy atom. The first-order valence-electron chi connectivity index (χ1n) is 6.34. The largest absolute Gasteiger partial charge is 0.343 e. The lowest BCUT2D eigenvalue weighted by Crippen LogP contribution is -2.26. The van der Waals surface area contributed by atoms with Crippen molar-refractivity contribution in [1.29, 1.82) is 0 Å². The van der Waals surface area contributed by atoms with Gasteiger partial charge in [-0.1, -0.05) is 12.6 Å². The molecule has 0 saturated heterocycles. The highest BCUT2D eigenvalue weighted by molar-refractivity contribution is 7.09. The minimum Gasteiger partial charge on any atom is -0.343 e. The number of benzene rings is 1. The summed E-state index contributed by atoms with van der Waals surface area (Å²) in [7, 11) is 0. The average molecular weight is 301 g/mol. The van der Waals surface area contributed by atoms with Gasteiger partial charge in [0, 0.05) is 22.8 Å². The zero-order valence-electron chi connectivity index (χ0n) is 11.5. The number of thiazole rings is 1. The van der Waals surface area contributed by atoms with Crippen LogP contribution < -0.4 is 10.6 Å². The molecule has 2 aromatic rings. The normalized spacial score (nSPS) is 11.5. The summed E-state index contributed by atoms with van der Waals surface area (Å²) in [6.07, 6.45) is 2.88. The molecule has 0 aliphatic heterocycles. The summed E-state index contributed by atoms with van der Waals surface area (Å²) >= 11 is 1.49. The summed E-state index contributed by atoms with van der Waals surface area (Å²) in [5.41, 5.74) is 1.02. The van der Waals surface area contributed by atoms with Gasteiger partial charge < -0.3 is 10.6 Å². The van der Waals surface area contributed by atoms with E-state index < -0.39 is 0 Å². The highest BCUT2D eigenvalue weighted by Gasteiger charge is 2.13. The fourth-order valence-electron chi connectivity index (χ4n) is 1.72. The van der Waals surface area contributed by atoms with Crippen LogP contribution in [0.15, 0.2) is 48.5 Å². The SMILES string of the molecule is C=CC(=O)Nc1cccc(C(=O)NC(C)c2nccs2)c1. The van der Waals surface area contributed by atoms with Crippen LogP contribution >= 0.6 is 11.3 Å². The smallest absolute Gasteiger partial charge is 0.251 e. The molecule has 21 heavy (non-hydrogen) atoms. The van der Waals surface area contributed by atoms with E-state index in [-0.39, 0.29) is 17.9 Å². The van der Waals surface area contributed by atoms with Gasteiger partial charge in [-0.05, 0) is 31.2 Å². The van der Waals surface area contributed by atoms with Crippen LogP contribution in [0.5, 0.6) is 0 Å². The summed E-state index contributed by atoms with van der Waals surface area (Å²) in [5, 5.41) is 8.20. The van der Waals surface area contributed by atoms with Gasteiger partial charge in [0.2, 0.25) is 5.91 Å². The number of rotatable bonds is 5. The van der Waals surface area contributed by atoms with Gasteiger partial charge in [-0.15, -0.1) is 11.3 Å². The Kier molecular flexibility index (Phi) is 4.84. The lowest BCUT2D eigenvalue weighted by Gasteiger charge is -2.12. The maximum Gasteiger partial charge on any atom is 0.251 e. The highest BCUT2D eigenvalue weighted by atomic mass is 32.1. The van der Waals surface area contributed by atoms with Gasteiger partial charge in [0.1, 0.15) is 5.01 Å². The highest BCUT2D eigenvalue weighted by Crippen LogP contribution is 2.16. The van der Waals surface area contributed by atoms with Gasteiger partial charge in [-0.2, -0.15) is 0 Å². The third kappa shape index (κ3) is 4.00. The molecule has 0 radical (unpaired) electrons. The molecule has 1 unspecified atom stereocenters. The van der Waals surface area contributed by atoms with E-state index in [0.717, 1.165) is 5.01 Å². The number of nitrogens with zero attached hydrogens (tertiary/aromatic N) is 1. The van der Waals surface area contributed by atoms with Crippen LogP contribution in [0.1, 0.15) is 28.3 Å². The Labute approximate surface area is 126 Å². The van der Waals surface area contributed by atoms with E-state index in [9.17, 15) is 9.59 Å². The zero-order valence-corrected chi connectivity index (χ0v) is 12.3. The monoisotopic (exact) mass is 301 g/mol. The lowest BCUT2D eigenvalue weighted by atomic mass is 10.1. The third-order valence-electron chi connectivity index (χ3n) is 2.75. The maximum atomic E-state index is 12.2. The van der Waals surface area contributed by atoms with Crippen molar-refractivity contribution in [3.8, 4) is 0 Å². The van der Waals surface area contributed by atoms with E-state index in [2.05, 4.69) is 22.2 Å². The van der Waals surface area contributed by atoms with Crippen LogP contribution in [0.25, 0.3) is 0 Å². The number of nitrogens with one attached hydrogen (secondary N) is 2. The molecule has 2 rings (SSSR count). The molecule has 6 heteroatoms. The topological polar surface area (TPSA) is 71.1 Å². The second kappa shape index (κ2) is 6.81. The van der Waals surface area contributed by atoms with Crippen molar-refractivity contribution >= 4 is 28.8 Å². The molecule has 1 aromatic heterocycles. The van der Waals surface area contributed by atoms with Gasteiger partial charge in [-0.25, -0.2) is 4.98 Å². The van der Waals surface area contributed by atoms with Gasteiger partial charge >= 0.3 is 0 Å². The predicted molar refractivity (Wildman–Crippen MR) is 83.3 cm³/mol. The number of hydrogen-bond acceptors (Lipinski definition) is 4. The van der Waals surface area contributed by atoms with Crippen LogP contribution in [0.3, 0.4) is 0 Å². The molecule has 1 heterocycles. The number of carbonyl (C=O) groups excluding carboxylic acids is 2. The van der Waals surface area contributed by atoms with Crippen LogP contribution in [0, 0.1) is 0 Å². The van der Waals surface area contributed by atoms with Crippen molar-refractivity contribution in [2.45, 2.75) is 13.0 Å². The van der Waals surface area contributed by atoms with E-state index in [0.29, 0.717) is 11.3 Å². The Bertz CT molecular complexity index is 653. The second-order valence-electron chi connectivity index (χ2n) is 4.34. The standard InChI is InChI=1S/C15H15N3O2S/c1-3-13(19)18-12-6-4-5-11(9-12)14(20)17-10(2)15-16-7-8-21-15/h3-10H,1H2,2H3,(H,17,20)(H,18,19). The van der Waals surface area contributed by atoms with Crippen molar-refractivity contribution in [3.05, 3.63) is 59.1 Å². The number of hydrogen-bond donors (Lipinski definition) is 2. The Balaban J connectivity index is 2.07. The Hall–Kier alpha value is -2.47. The fourth-order valence-corrected chi connectivity index (χ4v) is 2.37. The molecule has 1 atom stereocenters. The molecule has 0 spiro atoms. The van der Waals surface area contributed by atoms with Gasteiger partial charge in [0.15, 0.2) is 0 Å². The van der Waals surface area contributed by atoms with E-state index in [1.165, 1.54) is 17.4 Å². The van der Waals surface area contributed by atoms with Gasteiger partial charge in [0.05, 0.1) is 6.04 Å². The quantitative estimate of drug-likeness (QED) is 0.834. The van der Waals surface area contributed by atoms with Crippen molar-refractivity contribution < 1.29 is 9.59 Å². The summed E-state index contributed by atoms with van der Waals surface area (Å²) in [6.45, 7) is 5.26. The Morgan fingerprint density at radius 2 is 2.24 bits per heavy atom. The minimum absolute atomic E-state index is 0.163. The Morgan fingerprint density at radius 1 is 1.43 bits per heavy atom. The maximum absolute atomic E-state index is 12.2. The first-order valence-corrected chi connectivity index (χ1v) is 7.22. The molecule has 108 valence electrons. The summed E-state index contributed by atoms with van der Waals surface area (Å²) < 4.78 is 0. The fraction of sp³-hybridized carbons (Fsp3) is 0.133. The molecule has 1 aromatic carbocycles. The molecule has 5 nitrogen and oxygen atoms in total. The van der Waals surface area contributed by atoms with E-state index >= 15 is 0 Å². The predicted octanol–water partition coefficient (Wildman–Crippen LogP) is 2.76. The van der Waals surface area contributed by atoms with Crippen molar-refractivity contribution in [3.63, 3.8) is 0 Å². The van der Waals surface area contributed by atoms with Crippen molar-refractivity contribution in [2.24, 2.45) is 0 Å². The molecule has 0 aliphatic carbocycles. The van der Waals surface area contributed by atoms with E-state index in [1.807, 2.05) is 12.3 Å². The van der Waals surface area contributed by atoms with Crippen LogP contribution in [-0.4, -0.2) is 16.8 Å². The average Bonchev–Trinajstić information content (AvgIpc) is 3.01. The van der Waals surface area contributed by atoms with Gasteiger partial charge in [0.25, 0.3) is 5.91 Å². The summed E-state index contributed by atoms with van der Waals surface area (Å²) in [4.78, 5) is 27.6. The molecule has 2 amide bonds. The van der Waals surface area contributed by atoms with Gasteiger partial charge in [-0.3, -0.25) is 9.59 Å². The molecule has 0 fully saturated rings. The minimum atomic E-state index is -0.316.